The van der Waals surface area contributed by atoms with Crippen LogP contribution < -0.4 is 0 Å². The second-order valence-electron chi connectivity index (χ2n) is 11.2. The first-order valence-electron chi connectivity index (χ1n) is 14.0. The molecule has 0 spiro atoms. The van der Waals surface area contributed by atoms with E-state index in [-0.39, 0.29) is 0 Å². The van der Waals surface area contributed by atoms with Crippen molar-refractivity contribution in [2.24, 2.45) is 0 Å². The molecule has 4 saturated heterocycles. The maximum atomic E-state index is 12.1. The van der Waals surface area contributed by atoms with Crippen molar-refractivity contribution < 1.29 is 104 Å². The minimum absolute atomic E-state index is 0.851. The Kier molecular flexibility index (Phi) is 12.1. The van der Waals surface area contributed by atoms with Crippen molar-refractivity contribution >= 4 is 5.97 Å². The van der Waals surface area contributed by atoms with E-state index >= 15 is 0 Å². The second-order valence-corrected chi connectivity index (χ2v) is 11.2. The van der Waals surface area contributed by atoms with Crippen molar-refractivity contribution in [3.63, 3.8) is 0 Å². The molecule has 0 saturated carbocycles. The summed E-state index contributed by atoms with van der Waals surface area (Å²) in [6, 6.07) is 0. The highest BCUT2D eigenvalue weighted by molar-refractivity contribution is 5.73. The molecular weight excluding hydrogens is 624 g/mol. The molecule has 20 atom stereocenters. The van der Waals surface area contributed by atoms with E-state index in [0.29, 0.717) is 0 Å². The highest BCUT2D eigenvalue weighted by Gasteiger charge is 2.56. The van der Waals surface area contributed by atoms with Crippen LogP contribution >= 0.6 is 0 Å². The fourth-order valence-corrected chi connectivity index (χ4v) is 5.45. The summed E-state index contributed by atoms with van der Waals surface area (Å²) >= 11 is 0. The fourth-order valence-electron chi connectivity index (χ4n) is 5.45. The van der Waals surface area contributed by atoms with E-state index in [2.05, 4.69) is 0 Å². The molecule has 4 aliphatic heterocycles. The van der Waals surface area contributed by atoms with Gasteiger partial charge in [0, 0.05) is 0 Å². The Morgan fingerprint density at radius 3 is 1.60 bits per heavy atom. The minimum Gasteiger partial charge on any atom is -0.479 e. The first-order valence-corrected chi connectivity index (χ1v) is 14.0. The lowest BCUT2D eigenvalue weighted by molar-refractivity contribution is -0.388. The van der Waals surface area contributed by atoms with E-state index < -0.39 is 142 Å². The van der Waals surface area contributed by atoms with Crippen molar-refractivity contribution in [1.82, 2.24) is 0 Å². The molecule has 4 heterocycles. The summed E-state index contributed by atoms with van der Waals surface area (Å²) in [4.78, 5) is 12.1. The van der Waals surface area contributed by atoms with E-state index in [1.807, 2.05) is 0 Å². The molecule has 0 aromatic carbocycles. The third-order valence-corrected chi connectivity index (χ3v) is 8.13. The molecule has 4 fully saturated rings. The monoisotopic (exact) mass is 664 g/mol. The Morgan fingerprint density at radius 1 is 0.533 bits per heavy atom. The lowest BCUT2D eigenvalue weighted by Gasteiger charge is -2.49. The van der Waals surface area contributed by atoms with Gasteiger partial charge in [-0.25, -0.2) is 4.79 Å². The van der Waals surface area contributed by atoms with E-state index in [9.17, 15) is 71.2 Å². The van der Waals surface area contributed by atoms with Gasteiger partial charge in [-0.3, -0.25) is 0 Å². The minimum atomic E-state index is -2.20. The summed E-state index contributed by atoms with van der Waals surface area (Å²) in [5.41, 5.74) is 0. The van der Waals surface area contributed by atoms with Gasteiger partial charge in [-0.2, -0.15) is 0 Å². The molecule has 0 aromatic rings. The Labute approximate surface area is 253 Å². The zero-order valence-corrected chi connectivity index (χ0v) is 23.5. The maximum Gasteiger partial charge on any atom is 0.335 e. The van der Waals surface area contributed by atoms with Crippen molar-refractivity contribution in [2.75, 3.05) is 13.2 Å². The Balaban J connectivity index is 1.55. The van der Waals surface area contributed by atoms with E-state index in [4.69, 9.17) is 33.2 Å². The predicted octanol–water partition coefficient (Wildman–Crippen LogP) is -8.63. The van der Waals surface area contributed by atoms with Gasteiger partial charge in [-0.1, -0.05) is 0 Å². The number of hydrogen-bond acceptors (Lipinski definition) is 20. The first-order chi connectivity index (χ1) is 21.1. The van der Waals surface area contributed by atoms with Crippen LogP contribution in [0.2, 0.25) is 0 Å². The van der Waals surface area contributed by atoms with Crippen LogP contribution in [0.5, 0.6) is 0 Å². The molecule has 0 aliphatic carbocycles. The molecule has 0 radical (unpaired) electrons. The normalized spacial score (nSPS) is 52.8. The van der Waals surface area contributed by atoms with Crippen LogP contribution in [0.25, 0.3) is 0 Å². The van der Waals surface area contributed by atoms with Crippen LogP contribution in [0.4, 0.5) is 0 Å². The Hall–Kier alpha value is -1.29. The van der Waals surface area contributed by atoms with Gasteiger partial charge < -0.3 is 99.5 Å². The lowest BCUT2D eigenvalue weighted by Crippen LogP contribution is -2.68. The quantitative estimate of drug-likeness (QED) is 0.109. The molecule has 0 aromatic heterocycles. The molecule has 45 heavy (non-hydrogen) atoms. The van der Waals surface area contributed by atoms with Gasteiger partial charge in [-0.05, 0) is 6.92 Å². The van der Waals surface area contributed by atoms with Gasteiger partial charge in [0.15, 0.2) is 31.3 Å². The molecule has 21 heteroatoms. The fraction of sp³-hybridized carbons (Fsp3) is 0.958. The number of carbonyl (C=O) groups is 1. The average molecular weight is 665 g/mol. The zero-order chi connectivity index (χ0) is 33.5. The summed E-state index contributed by atoms with van der Waals surface area (Å²) < 4.78 is 37.6. The second kappa shape index (κ2) is 14.9. The van der Waals surface area contributed by atoms with Crippen LogP contribution in [-0.2, 0) is 38.0 Å². The van der Waals surface area contributed by atoms with Crippen LogP contribution in [0.3, 0.4) is 0 Å². The number of carboxylic acid groups (broad SMARTS) is 1. The molecule has 4 aliphatic rings. The molecule has 4 rings (SSSR count). The number of carboxylic acids is 1. The summed E-state index contributed by atoms with van der Waals surface area (Å²) in [5, 5.41) is 132. The van der Waals surface area contributed by atoms with Crippen molar-refractivity contribution in [2.45, 2.75) is 130 Å². The number of aliphatic hydroxyl groups is 12. The number of rotatable bonds is 9. The molecule has 21 nitrogen and oxygen atoms in total. The molecule has 0 bridgehead atoms. The largest absolute Gasteiger partial charge is 0.479 e. The molecular formula is C24H40O21. The number of aliphatic hydroxyl groups excluding tert-OH is 12. The summed E-state index contributed by atoms with van der Waals surface area (Å²) in [6.07, 6.45) is -37.1. The van der Waals surface area contributed by atoms with Gasteiger partial charge >= 0.3 is 5.97 Å². The number of aliphatic carboxylic acids is 1. The maximum absolute atomic E-state index is 12.1. The smallest absolute Gasteiger partial charge is 0.335 e. The first kappa shape index (κ1) is 36.5. The molecule has 0 amide bonds. The van der Waals surface area contributed by atoms with E-state index in [1.165, 1.54) is 6.92 Å². The van der Waals surface area contributed by atoms with E-state index in [1.54, 1.807) is 0 Å². The van der Waals surface area contributed by atoms with Crippen molar-refractivity contribution in [3.05, 3.63) is 0 Å². The summed E-state index contributed by atoms with van der Waals surface area (Å²) in [6.45, 7) is -0.453. The Morgan fingerprint density at radius 2 is 1.02 bits per heavy atom. The lowest BCUT2D eigenvalue weighted by atomic mass is 9.95. The van der Waals surface area contributed by atoms with Gasteiger partial charge in [0.2, 0.25) is 0 Å². The SMILES string of the molecule is C[C@@H]1O[C@@H](O[C@H]2[C@H](O[C@@H]3O[C@H](C(=O)O)[C@@H](O[C@@H]4O[C@H](CO)[C@@H](O)[C@H](O)[C@H]4O)[C@H](O)[C@H]3O)[C@@H](CO)OC(O)[C@@H]2O)[C@H](O)[C@H](O)[C@H]1O. The highest BCUT2D eigenvalue weighted by atomic mass is 16.8. The standard InChI is InChI=1S/C24H40O21/c1-4-7(27)9(29)12(32)22(39-4)44-18-15(35)21(38)40-6(3-26)16(18)42-24-14(34)11(31)17(19(45-24)20(36)37)43-23-13(33)10(30)8(28)5(2-25)41-23/h4-19,21-35,38H,2-3H2,1H3,(H,36,37)/t4-,5+,6+,7-,8+,9+,10-,11+,12+,13+,14+,15+,16+,17-,18+,19-,21?,22-,23-,24+/m0/s1. The van der Waals surface area contributed by atoms with Crippen LogP contribution in [0.1, 0.15) is 6.92 Å². The summed E-state index contributed by atoms with van der Waals surface area (Å²) in [5.74, 6) is -1.80. The predicted molar refractivity (Wildman–Crippen MR) is 133 cm³/mol. The summed E-state index contributed by atoms with van der Waals surface area (Å²) in [7, 11) is 0. The third kappa shape index (κ3) is 7.26. The zero-order valence-electron chi connectivity index (χ0n) is 23.5. The third-order valence-electron chi connectivity index (χ3n) is 8.13. The van der Waals surface area contributed by atoms with Crippen LogP contribution in [-0.4, -0.2) is 208 Å². The van der Waals surface area contributed by atoms with Crippen LogP contribution in [0, 0.1) is 0 Å². The Bertz CT molecular complexity index is 973. The highest BCUT2D eigenvalue weighted by Crippen LogP contribution is 2.34. The van der Waals surface area contributed by atoms with Crippen molar-refractivity contribution in [3.8, 4) is 0 Å². The van der Waals surface area contributed by atoms with Crippen LogP contribution in [0.15, 0.2) is 0 Å². The average Bonchev–Trinajstić information content (AvgIpc) is 3.01. The van der Waals surface area contributed by atoms with Gasteiger partial charge in [-0.15, -0.1) is 0 Å². The van der Waals surface area contributed by atoms with Gasteiger partial charge in [0.25, 0.3) is 0 Å². The van der Waals surface area contributed by atoms with Gasteiger partial charge in [0.05, 0.1) is 19.3 Å². The van der Waals surface area contributed by atoms with Crippen molar-refractivity contribution in [1.29, 1.82) is 0 Å². The molecule has 1 unspecified atom stereocenters. The number of ether oxygens (including phenoxy) is 7. The van der Waals surface area contributed by atoms with E-state index in [0.717, 1.165) is 0 Å². The molecule has 13 N–H and O–H groups in total. The number of hydrogen-bond donors (Lipinski definition) is 13. The molecule has 262 valence electrons. The topological polar surface area (TPSA) is 345 Å². The van der Waals surface area contributed by atoms with Gasteiger partial charge in [0.1, 0.15) is 85.5 Å².